The van der Waals surface area contributed by atoms with Gasteiger partial charge in [-0.3, -0.25) is 4.79 Å². The van der Waals surface area contributed by atoms with Gasteiger partial charge in [0.25, 0.3) is 5.91 Å². The third kappa shape index (κ3) is 3.23. The predicted molar refractivity (Wildman–Crippen MR) is 94.0 cm³/mol. The van der Waals surface area contributed by atoms with Crippen LogP contribution in [0, 0.1) is 20.8 Å². The molecule has 2 aromatic carbocycles. The van der Waals surface area contributed by atoms with Crippen LogP contribution in [0.1, 0.15) is 45.6 Å². The normalized spacial score (nSPS) is 14.2. The van der Waals surface area contributed by atoms with Crippen LogP contribution in [0.25, 0.3) is 0 Å². The van der Waals surface area contributed by atoms with Gasteiger partial charge >= 0.3 is 0 Å². The minimum Gasteiger partial charge on any atom is -0.486 e. The van der Waals surface area contributed by atoms with Gasteiger partial charge in [0.1, 0.15) is 13.2 Å². The van der Waals surface area contributed by atoms with E-state index in [1.165, 1.54) is 5.56 Å². The fourth-order valence-electron chi connectivity index (χ4n) is 2.89. The van der Waals surface area contributed by atoms with Crippen molar-refractivity contribution in [1.29, 1.82) is 0 Å². The molecular weight excluding hydrogens is 302 g/mol. The third-order valence-electron chi connectivity index (χ3n) is 4.50. The Balaban J connectivity index is 1.78. The zero-order valence-corrected chi connectivity index (χ0v) is 14.6. The largest absolute Gasteiger partial charge is 0.486 e. The molecule has 1 amide bonds. The number of hydrogen-bond acceptors (Lipinski definition) is 3. The molecule has 1 atom stereocenters. The zero-order chi connectivity index (χ0) is 17.3. The first kappa shape index (κ1) is 16.4. The maximum atomic E-state index is 12.6. The lowest BCUT2D eigenvalue weighted by Gasteiger charge is -2.21. The molecule has 1 heterocycles. The zero-order valence-electron chi connectivity index (χ0n) is 14.6. The van der Waals surface area contributed by atoms with Gasteiger partial charge in [-0.15, -0.1) is 0 Å². The van der Waals surface area contributed by atoms with E-state index < -0.39 is 0 Å². The minimum atomic E-state index is -0.116. The van der Waals surface area contributed by atoms with Gasteiger partial charge < -0.3 is 14.8 Å². The molecule has 0 spiro atoms. The first-order valence-corrected chi connectivity index (χ1v) is 8.24. The number of amides is 1. The smallest absolute Gasteiger partial charge is 0.252 e. The van der Waals surface area contributed by atoms with Gasteiger partial charge in [-0.05, 0) is 68.1 Å². The summed E-state index contributed by atoms with van der Waals surface area (Å²) in [4.78, 5) is 12.6. The second-order valence-electron chi connectivity index (χ2n) is 6.35. The topological polar surface area (TPSA) is 47.6 Å². The molecule has 4 nitrogen and oxygen atoms in total. The fraction of sp³-hybridized carbons (Fsp3) is 0.350. The van der Waals surface area contributed by atoms with Crippen LogP contribution in [-0.4, -0.2) is 19.1 Å². The van der Waals surface area contributed by atoms with Crippen molar-refractivity contribution in [3.63, 3.8) is 0 Å². The predicted octanol–water partition coefficient (Wildman–Crippen LogP) is 3.87. The number of rotatable bonds is 3. The summed E-state index contributed by atoms with van der Waals surface area (Å²) in [5, 5.41) is 3.07. The standard InChI is InChI=1S/C20H23NO3/c1-12-9-14(3)17(10-13(12)2)20(22)21-15(4)16-5-6-18-19(11-16)24-8-7-23-18/h5-6,9-11,15H,7-8H2,1-4H3,(H,21,22). The number of carbonyl (C=O) groups excluding carboxylic acids is 1. The first-order valence-electron chi connectivity index (χ1n) is 8.24. The monoisotopic (exact) mass is 325 g/mol. The molecule has 1 unspecified atom stereocenters. The van der Waals surface area contributed by atoms with Crippen LogP contribution in [0.3, 0.4) is 0 Å². The SMILES string of the molecule is Cc1cc(C)c(C(=O)NC(C)c2ccc3c(c2)OCCO3)cc1C. The number of hydrogen-bond donors (Lipinski definition) is 1. The second-order valence-corrected chi connectivity index (χ2v) is 6.35. The molecule has 0 aliphatic carbocycles. The van der Waals surface area contributed by atoms with Gasteiger partial charge in [-0.25, -0.2) is 0 Å². The van der Waals surface area contributed by atoms with Crippen LogP contribution >= 0.6 is 0 Å². The van der Waals surface area contributed by atoms with E-state index in [-0.39, 0.29) is 11.9 Å². The Morgan fingerprint density at radius 2 is 1.62 bits per heavy atom. The lowest BCUT2D eigenvalue weighted by molar-refractivity contribution is 0.0939. The van der Waals surface area contributed by atoms with Crippen molar-refractivity contribution in [2.45, 2.75) is 33.7 Å². The Labute approximate surface area is 142 Å². The maximum absolute atomic E-state index is 12.6. The van der Waals surface area contributed by atoms with E-state index in [1.807, 2.05) is 45.0 Å². The Morgan fingerprint density at radius 3 is 2.38 bits per heavy atom. The van der Waals surface area contributed by atoms with Gasteiger partial charge in [0.2, 0.25) is 0 Å². The van der Waals surface area contributed by atoms with Crippen molar-refractivity contribution in [3.05, 3.63) is 58.1 Å². The Bertz CT molecular complexity index is 783. The van der Waals surface area contributed by atoms with Gasteiger partial charge in [-0.1, -0.05) is 12.1 Å². The molecule has 0 aromatic heterocycles. The van der Waals surface area contributed by atoms with Gasteiger partial charge in [0, 0.05) is 5.56 Å². The summed E-state index contributed by atoms with van der Waals surface area (Å²) in [6, 6.07) is 9.69. The molecule has 1 aliphatic heterocycles. The number of aryl methyl sites for hydroxylation is 3. The molecule has 0 radical (unpaired) electrons. The van der Waals surface area contributed by atoms with Crippen LogP contribution in [0.15, 0.2) is 30.3 Å². The van der Waals surface area contributed by atoms with E-state index in [9.17, 15) is 4.79 Å². The van der Waals surface area contributed by atoms with Gasteiger partial charge in [0.15, 0.2) is 11.5 Å². The molecule has 2 aromatic rings. The number of carbonyl (C=O) groups is 1. The number of ether oxygens (including phenoxy) is 2. The van der Waals surface area contributed by atoms with E-state index in [1.54, 1.807) is 0 Å². The summed E-state index contributed by atoms with van der Waals surface area (Å²) >= 11 is 0. The van der Waals surface area contributed by atoms with Crippen molar-refractivity contribution in [1.82, 2.24) is 5.32 Å². The van der Waals surface area contributed by atoms with E-state index >= 15 is 0 Å². The molecule has 3 rings (SSSR count). The van der Waals surface area contributed by atoms with Crippen molar-refractivity contribution in [2.75, 3.05) is 13.2 Å². The summed E-state index contributed by atoms with van der Waals surface area (Å²) in [7, 11) is 0. The number of benzene rings is 2. The Kier molecular flexibility index (Phi) is 4.47. The lowest BCUT2D eigenvalue weighted by Crippen LogP contribution is -2.27. The molecule has 24 heavy (non-hydrogen) atoms. The maximum Gasteiger partial charge on any atom is 0.252 e. The average Bonchev–Trinajstić information content (AvgIpc) is 2.57. The van der Waals surface area contributed by atoms with Crippen LogP contribution in [0.4, 0.5) is 0 Å². The number of fused-ring (bicyclic) bond motifs is 1. The molecule has 0 saturated heterocycles. The molecule has 4 heteroatoms. The van der Waals surface area contributed by atoms with Crippen molar-refractivity contribution in [2.24, 2.45) is 0 Å². The molecule has 0 saturated carbocycles. The van der Waals surface area contributed by atoms with E-state index in [4.69, 9.17) is 9.47 Å². The highest BCUT2D eigenvalue weighted by molar-refractivity contribution is 5.96. The van der Waals surface area contributed by atoms with E-state index in [0.29, 0.717) is 13.2 Å². The quantitative estimate of drug-likeness (QED) is 0.932. The molecule has 126 valence electrons. The Hall–Kier alpha value is -2.49. The fourth-order valence-corrected chi connectivity index (χ4v) is 2.89. The van der Waals surface area contributed by atoms with E-state index in [0.717, 1.165) is 33.8 Å². The molecule has 1 N–H and O–H groups in total. The molecule has 0 bridgehead atoms. The van der Waals surface area contributed by atoms with Crippen LogP contribution < -0.4 is 14.8 Å². The molecule has 0 fully saturated rings. The van der Waals surface area contributed by atoms with Gasteiger partial charge in [0.05, 0.1) is 6.04 Å². The summed E-state index contributed by atoms with van der Waals surface area (Å²) in [6.07, 6.45) is 0. The average molecular weight is 325 g/mol. The highest BCUT2D eigenvalue weighted by Crippen LogP contribution is 2.32. The van der Waals surface area contributed by atoms with Crippen LogP contribution in [-0.2, 0) is 0 Å². The van der Waals surface area contributed by atoms with Crippen LogP contribution in [0.2, 0.25) is 0 Å². The molecule has 1 aliphatic rings. The summed E-state index contributed by atoms with van der Waals surface area (Å²) in [6.45, 7) is 9.15. The highest BCUT2D eigenvalue weighted by Gasteiger charge is 2.17. The minimum absolute atomic E-state index is 0.0574. The molecular formula is C20H23NO3. The first-order chi connectivity index (χ1) is 11.5. The summed E-state index contributed by atoms with van der Waals surface area (Å²) < 4.78 is 11.2. The van der Waals surface area contributed by atoms with Crippen molar-refractivity contribution >= 4 is 5.91 Å². The Morgan fingerprint density at radius 1 is 0.958 bits per heavy atom. The summed E-state index contributed by atoms with van der Waals surface area (Å²) in [5.74, 6) is 1.44. The highest BCUT2D eigenvalue weighted by atomic mass is 16.6. The number of nitrogens with one attached hydrogen (secondary N) is 1. The van der Waals surface area contributed by atoms with Crippen molar-refractivity contribution < 1.29 is 14.3 Å². The van der Waals surface area contributed by atoms with Crippen molar-refractivity contribution in [3.8, 4) is 11.5 Å². The third-order valence-corrected chi connectivity index (χ3v) is 4.50. The van der Waals surface area contributed by atoms with Crippen LogP contribution in [0.5, 0.6) is 11.5 Å². The van der Waals surface area contributed by atoms with E-state index in [2.05, 4.69) is 18.3 Å². The summed E-state index contributed by atoms with van der Waals surface area (Å²) in [5.41, 5.74) is 5.03. The second kappa shape index (κ2) is 6.56. The van der Waals surface area contributed by atoms with Gasteiger partial charge in [-0.2, -0.15) is 0 Å². The lowest BCUT2D eigenvalue weighted by atomic mass is 9.99.